The van der Waals surface area contributed by atoms with Crippen molar-refractivity contribution in [3.8, 4) is 11.4 Å². The lowest BCUT2D eigenvalue weighted by molar-refractivity contribution is 0.598. The van der Waals surface area contributed by atoms with Crippen molar-refractivity contribution < 1.29 is 8.42 Å². The van der Waals surface area contributed by atoms with Gasteiger partial charge in [-0.1, -0.05) is 0 Å². The van der Waals surface area contributed by atoms with Gasteiger partial charge in [0.05, 0.1) is 5.56 Å². The van der Waals surface area contributed by atoms with Gasteiger partial charge in [0.1, 0.15) is 4.90 Å². The molecular weight excluding hydrogens is 258 g/mol. The van der Waals surface area contributed by atoms with Gasteiger partial charge in [0.15, 0.2) is 5.82 Å². The first-order chi connectivity index (χ1) is 7.91. The number of rotatable bonds is 2. The summed E-state index contributed by atoms with van der Waals surface area (Å²) in [6.07, 6.45) is 3.14. The average Bonchev–Trinajstić information content (AvgIpc) is 2.54. The second kappa shape index (κ2) is 4.17. The second-order valence-corrected chi connectivity index (χ2v) is 6.46. The molecule has 0 saturated heterocycles. The fourth-order valence-corrected chi connectivity index (χ4v) is 4.11. The Balaban J connectivity index is 2.79. The first-order valence-electron chi connectivity index (χ1n) is 4.81. The highest BCUT2D eigenvalue weighted by molar-refractivity contribution is 7.89. The summed E-state index contributed by atoms with van der Waals surface area (Å²) >= 11 is 1.38. The molecule has 2 N–H and O–H groups in total. The molecule has 2 rings (SSSR count). The van der Waals surface area contributed by atoms with Gasteiger partial charge in [-0.05, 0) is 19.9 Å². The highest BCUT2D eigenvalue weighted by atomic mass is 32.2. The van der Waals surface area contributed by atoms with Gasteiger partial charge in [-0.3, -0.25) is 0 Å². The Hall–Kier alpha value is -1.31. The SMILES string of the molecule is Cc1sc(C)c(S(N)(=O)=O)c1-c1ncccn1. The van der Waals surface area contributed by atoms with Crippen molar-refractivity contribution >= 4 is 21.4 Å². The van der Waals surface area contributed by atoms with Crippen LogP contribution in [0.4, 0.5) is 0 Å². The summed E-state index contributed by atoms with van der Waals surface area (Å²) in [6, 6.07) is 1.68. The van der Waals surface area contributed by atoms with Crippen LogP contribution in [0.15, 0.2) is 23.4 Å². The van der Waals surface area contributed by atoms with Crippen LogP contribution < -0.4 is 5.14 Å². The molecule has 0 aliphatic carbocycles. The molecule has 0 amide bonds. The number of primary sulfonamides is 1. The minimum atomic E-state index is -3.76. The molecule has 7 heteroatoms. The number of hydrogen-bond acceptors (Lipinski definition) is 5. The van der Waals surface area contributed by atoms with Crippen molar-refractivity contribution in [1.29, 1.82) is 0 Å². The molecule has 0 aliphatic heterocycles. The summed E-state index contributed by atoms with van der Waals surface area (Å²) in [5.41, 5.74) is 0.510. The van der Waals surface area contributed by atoms with Crippen LogP contribution >= 0.6 is 11.3 Å². The van der Waals surface area contributed by atoms with Crippen LogP contribution in [-0.2, 0) is 10.0 Å². The molecule has 0 bridgehead atoms. The quantitative estimate of drug-likeness (QED) is 0.894. The third kappa shape index (κ3) is 2.21. The topological polar surface area (TPSA) is 85.9 Å². The number of sulfonamides is 1. The van der Waals surface area contributed by atoms with E-state index >= 15 is 0 Å². The molecule has 0 spiro atoms. The van der Waals surface area contributed by atoms with Gasteiger partial charge < -0.3 is 0 Å². The molecule has 0 unspecified atom stereocenters. The molecule has 5 nitrogen and oxygen atoms in total. The first-order valence-corrected chi connectivity index (χ1v) is 7.17. The van der Waals surface area contributed by atoms with Crippen molar-refractivity contribution in [1.82, 2.24) is 9.97 Å². The normalized spacial score (nSPS) is 11.7. The predicted molar refractivity (Wildman–Crippen MR) is 66.2 cm³/mol. The van der Waals surface area contributed by atoms with Crippen LogP contribution in [0.1, 0.15) is 9.75 Å². The van der Waals surface area contributed by atoms with Gasteiger partial charge in [-0.15, -0.1) is 11.3 Å². The van der Waals surface area contributed by atoms with Crippen LogP contribution in [-0.4, -0.2) is 18.4 Å². The van der Waals surface area contributed by atoms with Gasteiger partial charge >= 0.3 is 0 Å². The minimum Gasteiger partial charge on any atom is -0.237 e. The van der Waals surface area contributed by atoms with Gasteiger partial charge in [0.2, 0.25) is 10.0 Å². The zero-order chi connectivity index (χ0) is 12.6. The third-order valence-electron chi connectivity index (χ3n) is 2.28. The van der Waals surface area contributed by atoms with Crippen molar-refractivity contribution in [3.63, 3.8) is 0 Å². The maximum atomic E-state index is 11.6. The maximum absolute atomic E-state index is 11.6. The summed E-state index contributed by atoms with van der Waals surface area (Å²) in [6.45, 7) is 3.56. The van der Waals surface area contributed by atoms with Crippen LogP contribution in [0, 0.1) is 13.8 Å². The Kier molecular flexibility index (Phi) is 2.98. The van der Waals surface area contributed by atoms with Crippen molar-refractivity contribution in [3.05, 3.63) is 28.2 Å². The molecular formula is C10H11N3O2S2. The van der Waals surface area contributed by atoms with E-state index in [1.165, 1.54) is 11.3 Å². The van der Waals surface area contributed by atoms with E-state index in [4.69, 9.17) is 5.14 Å². The first kappa shape index (κ1) is 12.2. The number of aromatic nitrogens is 2. The molecule has 90 valence electrons. The number of hydrogen-bond donors (Lipinski definition) is 1. The van der Waals surface area contributed by atoms with Crippen LogP contribution in [0.5, 0.6) is 0 Å². The number of aryl methyl sites for hydroxylation is 2. The Morgan fingerprint density at radius 1 is 1.18 bits per heavy atom. The van der Waals surface area contributed by atoms with E-state index in [1.54, 1.807) is 25.4 Å². The van der Waals surface area contributed by atoms with E-state index < -0.39 is 10.0 Å². The zero-order valence-corrected chi connectivity index (χ0v) is 11.0. The lowest BCUT2D eigenvalue weighted by Crippen LogP contribution is -2.14. The van der Waals surface area contributed by atoms with E-state index in [2.05, 4.69) is 9.97 Å². The van der Waals surface area contributed by atoms with Crippen molar-refractivity contribution in [2.75, 3.05) is 0 Å². The number of nitrogens with two attached hydrogens (primary N) is 1. The Bertz CT molecular complexity index is 648. The molecule has 0 atom stereocenters. The average molecular weight is 269 g/mol. The number of nitrogens with zero attached hydrogens (tertiary/aromatic N) is 2. The molecule has 2 aromatic rings. The monoisotopic (exact) mass is 269 g/mol. The molecule has 0 fully saturated rings. The highest BCUT2D eigenvalue weighted by Crippen LogP contribution is 2.36. The van der Waals surface area contributed by atoms with Crippen molar-refractivity contribution in [2.24, 2.45) is 5.14 Å². The largest absolute Gasteiger partial charge is 0.239 e. The molecule has 2 aromatic heterocycles. The Labute approximate surface area is 103 Å². The lowest BCUT2D eigenvalue weighted by Gasteiger charge is -2.03. The minimum absolute atomic E-state index is 0.131. The summed E-state index contributed by atoms with van der Waals surface area (Å²) in [5, 5.41) is 5.23. The zero-order valence-electron chi connectivity index (χ0n) is 9.34. The van der Waals surface area contributed by atoms with Gasteiger partial charge in [-0.2, -0.15) is 0 Å². The summed E-state index contributed by atoms with van der Waals surface area (Å²) < 4.78 is 23.2. The fraction of sp³-hybridized carbons (Fsp3) is 0.200. The van der Waals surface area contributed by atoms with Crippen LogP contribution in [0.25, 0.3) is 11.4 Å². The smallest absolute Gasteiger partial charge is 0.237 e. The predicted octanol–water partition coefficient (Wildman–Crippen LogP) is 1.47. The summed E-state index contributed by atoms with van der Waals surface area (Å²) in [7, 11) is -3.76. The summed E-state index contributed by atoms with van der Waals surface area (Å²) in [5.74, 6) is 0.387. The third-order valence-corrected chi connectivity index (χ3v) is 4.51. The van der Waals surface area contributed by atoms with Crippen LogP contribution in [0.3, 0.4) is 0 Å². The summed E-state index contributed by atoms with van der Waals surface area (Å²) in [4.78, 5) is 9.78. The maximum Gasteiger partial charge on any atom is 0.239 e. The van der Waals surface area contributed by atoms with E-state index in [-0.39, 0.29) is 4.90 Å². The van der Waals surface area contributed by atoms with Crippen molar-refractivity contribution in [2.45, 2.75) is 18.7 Å². The Morgan fingerprint density at radius 2 is 1.76 bits per heavy atom. The molecule has 2 heterocycles. The standard InChI is InChI=1S/C10H11N3O2S2/c1-6-8(10-12-4-3-5-13-10)9(7(2)16-6)17(11,14)15/h3-5H,1-2H3,(H2,11,14,15). The molecule has 17 heavy (non-hydrogen) atoms. The Morgan fingerprint density at radius 3 is 2.29 bits per heavy atom. The molecule has 0 saturated carbocycles. The van der Waals surface area contributed by atoms with E-state index in [1.807, 2.05) is 6.92 Å². The van der Waals surface area contributed by atoms with E-state index in [0.29, 0.717) is 16.3 Å². The van der Waals surface area contributed by atoms with Gasteiger partial charge in [0, 0.05) is 22.1 Å². The van der Waals surface area contributed by atoms with Crippen LogP contribution in [0.2, 0.25) is 0 Å². The lowest BCUT2D eigenvalue weighted by atomic mass is 10.2. The van der Waals surface area contributed by atoms with E-state index in [9.17, 15) is 8.42 Å². The van der Waals surface area contributed by atoms with E-state index in [0.717, 1.165) is 4.88 Å². The second-order valence-electron chi connectivity index (χ2n) is 3.54. The molecule has 0 radical (unpaired) electrons. The number of thiophene rings is 1. The molecule has 0 aliphatic rings. The van der Waals surface area contributed by atoms with Gasteiger partial charge in [0.25, 0.3) is 0 Å². The fourth-order valence-electron chi connectivity index (χ4n) is 1.69. The van der Waals surface area contributed by atoms with Gasteiger partial charge in [-0.25, -0.2) is 23.5 Å². The molecule has 0 aromatic carbocycles. The highest BCUT2D eigenvalue weighted by Gasteiger charge is 2.24.